The number of sulfone groups is 1. The molecule has 1 saturated heterocycles. The van der Waals surface area contributed by atoms with E-state index in [9.17, 15) is 18.0 Å². The standard InChI is InChI=1S/C18H27N3O4S.ClH/c1-4-14-7-5-6-8-15(14)20-16(22)13-21(2)17(23)18(26(3,24)25)9-11-19-12-10-18;/h5-8,19H,4,9-13H2,1-3H3,(H,20,22);1H. The monoisotopic (exact) mass is 417 g/mol. The Kier molecular flexibility index (Phi) is 8.25. The van der Waals surface area contributed by atoms with Gasteiger partial charge in [0.1, 0.15) is 0 Å². The van der Waals surface area contributed by atoms with Crippen molar-refractivity contribution in [3.63, 3.8) is 0 Å². The quantitative estimate of drug-likeness (QED) is 0.725. The molecular formula is C18H28ClN3O4S. The first-order valence-corrected chi connectivity index (χ1v) is 10.6. The molecule has 0 spiro atoms. The van der Waals surface area contributed by atoms with E-state index in [4.69, 9.17) is 0 Å². The summed E-state index contributed by atoms with van der Waals surface area (Å²) in [6.07, 6.45) is 2.31. The topological polar surface area (TPSA) is 95.6 Å². The molecule has 0 bridgehead atoms. The summed E-state index contributed by atoms with van der Waals surface area (Å²) in [6, 6.07) is 7.47. The van der Waals surface area contributed by atoms with Gasteiger partial charge >= 0.3 is 0 Å². The van der Waals surface area contributed by atoms with Crippen LogP contribution in [0.3, 0.4) is 0 Å². The number of hydrogen-bond donors (Lipinski definition) is 2. The first-order chi connectivity index (χ1) is 12.2. The summed E-state index contributed by atoms with van der Waals surface area (Å²) in [7, 11) is -2.13. The van der Waals surface area contributed by atoms with Crippen molar-refractivity contribution in [1.29, 1.82) is 0 Å². The van der Waals surface area contributed by atoms with E-state index in [1.54, 1.807) is 0 Å². The lowest BCUT2D eigenvalue weighted by atomic mass is 9.95. The number of aryl methyl sites for hydroxylation is 1. The zero-order chi connectivity index (χ0) is 19.4. The molecule has 2 rings (SSSR count). The predicted octanol–water partition coefficient (Wildman–Crippen LogP) is 1.23. The molecular weight excluding hydrogens is 390 g/mol. The molecule has 0 atom stereocenters. The maximum absolute atomic E-state index is 12.9. The molecule has 2 amide bonds. The van der Waals surface area contributed by atoms with Crippen molar-refractivity contribution in [3.05, 3.63) is 29.8 Å². The largest absolute Gasteiger partial charge is 0.335 e. The number of benzene rings is 1. The second-order valence-corrected chi connectivity index (χ2v) is 9.06. The lowest BCUT2D eigenvalue weighted by Crippen LogP contribution is -2.58. The minimum absolute atomic E-state index is 0. The van der Waals surface area contributed by atoms with Crippen LogP contribution in [0.2, 0.25) is 0 Å². The minimum atomic E-state index is -3.60. The number of anilines is 1. The molecule has 0 unspecified atom stereocenters. The number of piperidine rings is 1. The van der Waals surface area contributed by atoms with Gasteiger partial charge in [-0.3, -0.25) is 9.59 Å². The Morgan fingerprint density at radius 3 is 2.37 bits per heavy atom. The highest BCUT2D eigenvalue weighted by Gasteiger charge is 2.50. The van der Waals surface area contributed by atoms with Crippen molar-refractivity contribution in [1.82, 2.24) is 10.2 Å². The number of rotatable bonds is 6. The van der Waals surface area contributed by atoms with Crippen molar-refractivity contribution in [2.24, 2.45) is 0 Å². The van der Waals surface area contributed by atoms with Crippen LogP contribution in [-0.4, -0.2) is 62.8 Å². The second kappa shape index (κ2) is 9.52. The van der Waals surface area contributed by atoms with Crippen LogP contribution in [0.1, 0.15) is 25.3 Å². The fourth-order valence-electron chi connectivity index (χ4n) is 3.35. The van der Waals surface area contributed by atoms with Crippen LogP contribution in [0.25, 0.3) is 0 Å². The Morgan fingerprint density at radius 1 is 1.22 bits per heavy atom. The summed E-state index contributed by atoms with van der Waals surface area (Å²) < 4.78 is 23.2. The summed E-state index contributed by atoms with van der Waals surface area (Å²) in [5, 5.41) is 5.88. The summed E-state index contributed by atoms with van der Waals surface area (Å²) in [6.45, 7) is 2.72. The number of amides is 2. The number of halogens is 1. The maximum Gasteiger partial charge on any atom is 0.244 e. The van der Waals surface area contributed by atoms with Crippen LogP contribution in [-0.2, 0) is 25.8 Å². The number of carbonyl (C=O) groups is 2. The van der Waals surface area contributed by atoms with Gasteiger partial charge in [-0.15, -0.1) is 12.4 Å². The van der Waals surface area contributed by atoms with E-state index in [1.807, 2.05) is 31.2 Å². The first-order valence-electron chi connectivity index (χ1n) is 8.75. The zero-order valence-electron chi connectivity index (χ0n) is 15.9. The lowest BCUT2D eigenvalue weighted by molar-refractivity contribution is -0.136. The Hall–Kier alpha value is -1.64. The predicted molar refractivity (Wildman–Crippen MR) is 109 cm³/mol. The molecule has 1 fully saturated rings. The van der Waals surface area contributed by atoms with Gasteiger partial charge in [0, 0.05) is 19.0 Å². The molecule has 152 valence electrons. The van der Waals surface area contributed by atoms with Crippen LogP contribution in [0.15, 0.2) is 24.3 Å². The van der Waals surface area contributed by atoms with Gasteiger partial charge in [-0.25, -0.2) is 8.42 Å². The van der Waals surface area contributed by atoms with Gasteiger partial charge in [0.2, 0.25) is 11.8 Å². The summed E-state index contributed by atoms with van der Waals surface area (Å²) in [4.78, 5) is 26.5. The molecule has 0 aliphatic carbocycles. The van der Waals surface area contributed by atoms with Crippen LogP contribution in [0.4, 0.5) is 5.69 Å². The fourth-order valence-corrected chi connectivity index (χ4v) is 4.77. The number of hydrogen-bond acceptors (Lipinski definition) is 5. The van der Waals surface area contributed by atoms with Crippen molar-refractivity contribution in [3.8, 4) is 0 Å². The number of para-hydroxylation sites is 1. The van der Waals surface area contributed by atoms with Gasteiger partial charge in [0.15, 0.2) is 14.6 Å². The Labute approximate surface area is 167 Å². The molecule has 1 heterocycles. The van der Waals surface area contributed by atoms with Crippen molar-refractivity contribution in [2.75, 3.05) is 38.3 Å². The molecule has 0 aromatic heterocycles. The average Bonchev–Trinajstić information content (AvgIpc) is 2.61. The molecule has 0 radical (unpaired) electrons. The van der Waals surface area contributed by atoms with Crippen LogP contribution < -0.4 is 10.6 Å². The highest BCUT2D eigenvalue weighted by atomic mass is 35.5. The Bertz CT molecular complexity index is 777. The molecule has 1 aromatic rings. The van der Waals surface area contributed by atoms with E-state index in [1.165, 1.54) is 11.9 Å². The molecule has 27 heavy (non-hydrogen) atoms. The fraction of sp³-hybridized carbons (Fsp3) is 0.556. The molecule has 1 aliphatic heterocycles. The zero-order valence-corrected chi connectivity index (χ0v) is 17.6. The number of nitrogens with one attached hydrogen (secondary N) is 2. The third kappa shape index (κ3) is 5.21. The Balaban J connectivity index is 0.00000364. The normalized spacial score (nSPS) is 16.1. The van der Waals surface area contributed by atoms with Gasteiger partial charge < -0.3 is 15.5 Å². The smallest absolute Gasteiger partial charge is 0.244 e. The van der Waals surface area contributed by atoms with Crippen LogP contribution in [0, 0.1) is 0 Å². The van der Waals surface area contributed by atoms with Crippen LogP contribution in [0.5, 0.6) is 0 Å². The number of likely N-dealkylation sites (N-methyl/N-ethyl adjacent to an activating group) is 1. The van der Waals surface area contributed by atoms with Crippen molar-refractivity contribution >= 4 is 39.7 Å². The average molecular weight is 418 g/mol. The second-order valence-electron chi connectivity index (χ2n) is 6.74. The molecule has 9 heteroatoms. The highest BCUT2D eigenvalue weighted by molar-refractivity contribution is 7.92. The third-order valence-corrected chi connectivity index (χ3v) is 6.91. The summed E-state index contributed by atoms with van der Waals surface area (Å²) >= 11 is 0. The molecule has 2 N–H and O–H groups in total. The molecule has 7 nitrogen and oxygen atoms in total. The molecule has 1 aromatic carbocycles. The highest BCUT2D eigenvalue weighted by Crippen LogP contribution is 2.29. The van der Waals surface area contributed by atoms with Gasteiger partial charge in [-0.05, 0) is 44.0 Å². The van der Waals surface area contributed by atoms with Gasteiger partial charge in [0.05, 0.1) is 6.54 Å². The van der Waals surface area contributed by atoms with E-state index in [0.717, 1.165) is 18.2 Å². The van der Waals surface area contributed by atoms with Gasteiger partial charge in [-0.2, -0.15) is 0 Å². The van der Waals surface area contributed by atoms with Gasteiger partial charge in [0.25, 0.3) is 0 Å². The third-order valence-electron chi connectivity index (χ3n) is 4.91. The SMILES string of the molecule is CCc1ccccc1NC(=O)CN(C)C(=O)C1(S(C)(=O)=O)CCNCC1.Cl. The van der Waals surface area contributed by atoms with E-state index in [0.29, 0.717) is 18.8 Å². The lowest BCUT2D eigenvalue weighted by Gasteiger charge is -2.37. The molecule has 0 saturated carbocycles. The van der Waals surface area contributed by atoms with Gasteiger partial charge in [-0.1, -0.05) is 25.1 Å². The summed E-state index contributed by atoms with van der Waals surface area (Å²) in [5.41, 5.74) is 1.71. The van der Waals surface area contributed by atoms with Crippen molar-refractivity contribution < 1.29 is 18.0 Å². The van der Waals surface area contributed by atoms with E-state index >= 15 is 0 Å². The number of carbonyl (C=O) groups excluding carboxylic acids is 2. The summed E-state index contributed by atoms with van der Waals surface area (Å²) in [5.74, 6) is -0.861. The first kappa shape index (κ1) is 23.4. The minimum Gasteiger partial charge on any atom is -0.335 e. The molecule has 1 aliphatic rings. The van der Waals surface area contributed by atoms with Crippen LogP contribution >= 0.6 is 12.4 Å². The Morgan fingerprint density at radius 2 is 1.81 bits per heavy atom. The van der Waals surface area contributed by atoms with E-state index in [-0.39, 0.29) is 37.7 Å². The maximum atomic E-state index is 12.9. The van der Waals surface area contributed by atoms with E-state index < -0.39 is 20.5 Å². The number of nitrogens with zero attached hydrogens (tertiary/aromatic N) is 1. The van der Waals surface area contributed by atoms with E-state index in [2.05, 4.69) is 10.6 Å². The van der Waals surface area contributed by atoms with Crippen molar-refractivity contribution in [2.45, 2.75) is 30.9 Å².